The molecule has 0 saturated heterocycles. The van der Waals surface area contributed by atoms with Gasteiger partial charge in [-0.05, 0) is 39.2 Å². The van der Waals surface area contributed by atoms with Gasteiger partial charge in [0, 0.05) is 25.5 Å². The number of pyridine rings is 1. The van der Waals surface area contributed by atoms with Crippen molar-refractivity contribution in [3.8, 4) is 0 Å². The van der Waals surface area contributed by atoms with E-state index in [2.05, 4.69) is 14.6 Å². The number of hydrogen-bond acceptors (Lipinski definition) is 5. The van der Waals surface area contributed by atoms with E-state index in [1.54, 1.807) is 29.4 Å². The molecule has 1 heterocycles. The van der Waals surface area contributed by atoms with Gasteiger partial charge in [0.05, 0.1) is 19.1 Å². The maximum atomic E-state index is 12.4. The smallest absolute Gasteiger partial charge is 0.307 e. The fraction of sp³-hybridized carbons (Fsp3) is 0.533. The summed E-state index contributed by atoms with van der Waals surface area (Å²) < 4.78 is 4.63. The molecule has 0 unspecified atom stereocenters. The van der Waals surface area contributed by atoms with Gasteiger partial charge >= 0.3 is 5.97 Å². The van der Waals surface area contributed by atoms with E-state index < -0.39 is 0 Å². The number of carbonyl (C=O) groups excluding carboxylic acids is 2. The summed E-state index contributed by atoms with van der Waals surface area (Å²) in [5.41, 5.74) is 0.534. The molecule has 6 nitrogen and oxygen atoms in total. The zero-order chi connectivity index (χ0) is 15.7. The van der Waals surface area contributed by atoms with Gasteiger partial charge in [-0.25, -0.2) is 0 Å². The molecular formula is C15H23N3O3. The first-order valence-corrected chi connectivity index (χ1v) is 6.95. The van der Waals surface area contributed by atoms with Crippen molar-refractivity contribution in [1.29, 1.82) is 0 Å². The molecule has 0 aliphatic rings. The number of esters is 1. The lowest BCUT2D eigenvalue weighted by Crippen LogP contribution is -2.35. The number of carbonyl (C=O) groups is 2. The molecule has 0 aliphatic carbocycles. The Morgan fingerprint density at radius 1 is 1.24 bits per heavy atom. The molecule has 0 N–H and O–H groups in total. The van der Waals surface area contributed by atoms with Crippen LogP contribution in [0.15, 0.2) is 24.5 Å². The molecule has 6 heteroatoms. The summed E-state index contributed by atoms with van der Waals surface area (Å²) in [5.74, 6) is -0.419. The predicted molar refractivity (Wildman–Crippen MR) is 79.9 cm³/mol. The normalized spacial score (nSPS) is 10.5. The minimum Gasteiger partial charge on any atom is -0.469 e. The van der Waals surface area contributed by atoms with E-state index >= 15 is 0 Å². The summed E-state index contributed by atoms with van der Waals surface area (Å²) in [6.07, 6.45) is 4.21. The molecule has 1 amide bonds. The Kier molecular flexibility index (Phi) is 7.39. The average molecular weight is 293 g/mol. The second-order valence-corrected chi connectivity index (χ2v) is 5.02. The number of ether oxygens (including phenoxy) is 1. The molecule has 0 aromatic carbocycles. The number of methoxy groups -OCH3 is 1. The Balaban J connectivity index is 2.65. The Morgan fingerprint density at radius 2 is 2.00 bits per heavy atom. The third kappa shape index (κ3) is 6.35. The van der Waals surface area contributed by atoms with Crippen LogP contribution in [-0.2, 0) is 9.53 Å². The monoisotopic (exact) mass is 293 g/mol. The molecule has 0 radical (unpaired) electrons. The molecule has 0 bridgehead atoms. The second kappa shape index (κ2) is 9.07. The number of amides is 1. The largest absolute Gasteiger partial charge is 0.469 e. The number of nitrogens with zero attached hydrogens (tertiary/aromatic N) is 3. The van der Waals surface area contributed by atoms with Crippen molar-refractivity contribution < 1.29 is 14.3 Å². The van der Waals surface area contributed by atoms with Crippen LogP contribution < -0.4 is 0 Å². The molecule has 1 aromatic rings. The van der Waals surface area contributed by atoms with E-state index in [1.807, 2.05) is 14.1 Å². The zero-order valence-corrected chi connectivity index (χ0v) is 12.9. The van der Waals surface area contributed by atoms with E-state index in [9.17, 15) is 9.59 Å². The molecule has 0 spiro atoms. The van der Waals surface area contributed by atoms with Crippen molar-refractivity contribution in [1.82, 2.24) is 14.8 Å². The fourth-order valence-electron chi connectivity index (χ4n) is 1.89. The van der Waals surface area contributed by atoms with Crippen LogP contribution in [0.2, 0.25) is 0 Å². The standard InChI is InChI=1S/C15H23N3O3/c1-17(2)9-5-10-18(11-7-14(19)21-3)15(20)13-6-4-8-16-12-13/h4,6,8,12H,5,7,9-11H2,1-3H3. The van der Waals surface area contributed by atoms with Crippen LogP contribution >= 0.6 is 0 Å². The molecule has 1 rings (SSSR count). The highest BCUT2D eigenvalue weighted by Crippen LogP contribution is 2.06. The van der Waals surface area contributed by atoms with Gasteiger partial charge in [-0.15, -0.1) is 0 Å². The van der Waals surface area contributed by atoms with E-state index in [4.69, 9.17) is 0 Å². The van der Waals surface area contributed by atoms with Crippen molar-refractivity contribution >= 4 is 11.9 Å². The Morgan fingerprint density at radius 3 is 2.57 bits per heavy atom. The maximum absolute atomic E-state index is 12.4. The van der Waals surface area contributed by atoms with Crippen LogP contribution in [0.3, 0.4) is 0 Å². The first-order chi connectivity index (χ1) is 10.0. The van der Waals surface area contributed by atoms with Gasteiger partial charge in [0.15, 0.2) is 0 Å². The average Bonchev–Trinajstić information content (AvgIpc) is 2.50. The van der Waals surface area contributed by atoms with Crippen LogP contribution in [0, 0.1) is 0 Å². The quantitative estimate of drug-likeness (QED) is 0.670. The molecule has 21 heavy (non-hydrogen) atoms. The summed E-state index contributed by atoms with van der Waals surface area (Å²) in [6.45, 7) is 1.84. The first kappa shape index (κ1) is 17.1. The molecule has 116 valence electrons. The van der Waals surface area contributed by atoms with Crippen LogP contribution in [0.4, 0.5) is 0 Å². The van der Waals surface area contributed by atoms with Crippen molar-refractivity contribution in [2.45, 2.75) is 12.8 Å². The van der Waals surface area contributed by atoms with E-state index in [1.165, 1.54) is 7.11 Å². The number of rotatable bonds is 8. The lowest BCUT2D eigenvalue weighted by molar-refractivity contribution is -0.140. The third-order valence-electron chi connectivity index (χ3n) is 3.04. The molecule has 0 fully saturated rings. The summed E-state index contributed by atoms with van der Waals surface area (Å²) in [4.78, 5) is 31.4. The summed E-state index contributed by atoms with van der Waals surface area (Å²) in [6, 6.07) is 3.46. The van der Waals surface area contributed by atoms with Crippen molar-refractivity contribution in [3.05, 3.63) is 30.1 Å². The Hall–Kier alpha value is -1.95. The molecule has 1 aromatic heterocycles. The first-order valence-electron chi connectivity index (χ1n) is 6.95. The zero-order valence-electron chi connectivity index (χ0n) is 12.9. The van der Waals surface area contributed by atoms with Gasteiger partial charge in [0.25, 0.3) is 5.91 Å². The number of hydrogen-bond donors (Lipinski definition) is 0. The van der Waals surface area contributed by atoms with Gasteiger partial charge in [-0.2, -0.15) is 0 Å². The van der Waals surface area contributed by atoms with Gasteiger partial charge < -0.3 is 14.5 Å². The predicted octanol–water partition coefficient (Wildman–Crippen LogP) is 1.04. The minimum atomic E-state index is -0.313. The maximum Gasteiger partial charge on any atom is 0.307 e. The molecule has 0 saturated carbocycles. The second-order valence-electron chi connectivity index (χ2n) is 5.02. The highest BCUT2D eigenvalue weighted by Gasteiger charge is 2.17. The van der Waals surface area contributed by atoms with Crippen LogP contribution in [0.5, 0.6) is 0 Å². The minimum absolute atomic E-state index is 0.106. The third-order valence-corrected chi connectivity index (χ3v) is 3.04. The van der Waals surface area contributed by atoms with Gasteiger partial charge in [0.1, 0.15) is 0 Å². The summed E-state index contributed by atoms with van der Waals surface area (Å²) in [7, 11) is 5.32. The highest BCUT2D eigenvalue weighted by molar-refractivity contribution is 5.94. The molecule has 0 aliphatic heterocycles. The lowest BCUT2D eigenvalue weighted by atomic mass is 10.2. The topological polar surface area (TPSA) is 62.7 Å². The SMILES string of the molecule is COC(=O)CCN(CCCN(C)C)C(=O)c1cccnc1. The van der Waals surface area contributed by atoms with Gasteiger partial charge in [-0.3, -0.25) is 14.6 Å². The van der Waals surface area contributed by atoms with E-state index in [-0.39, 0.29) is 18.3 Å². The molecule has 0 atom stereocenters. The Bertz CT molecular complexity index is 449. The van der Waals surface area contributed by atoms with E-state index in [0.29, 0.717) is 18.7 Å². The summed E-state index contributed by atoms with van der Waals surface area (Å²) >= 11 is 0. The van der Waals surface area contributed by atoms with Crippen molar-refractivity contribution in [2.75, 3.05) is 40.8 Å². The van der Waals surface area contributed by atoms with Crippen molar-refractivity contribution in [3.63, 3.8) is 0 Å². The summed E-state index contributed by atoms with van der Waals surface area (Å²) in [5, 5.41) is 0. The van der Waals surface area contributed by atoms with Crippen molar-refractivity contribution in [2.24, 2.45) is 0 Å². The highest BCUT2D eigenvalue weighted by atomic mass is 16.5. The number of aromatic nitrogens is 1. The van der Waals surface area contributed by atoms with Crippen LogP contribution in [0.1, 0.15) is 23.2 Å². The van der Waals surface area contributed by atoms with Crippen LogP contribution in [-0.4, -0.2) is 67.5 Å². The van der Waals surface area contributed by atoms with Crippen LogP contribution in [0.25, 0.3) is 0 Å². The lowest BCUT2D eigenvalue weighted by Gasteiger charge is -2.23. The van der Waals surface area contributed by atoms with Gasteiger partial charge in [-0.1, -0.05) is 0 Å². The molecular weight excluding hydrogens is 270 g/mol. The Labute approximate surface area is 125 Å². The van der Waals surface area contributed by atoms with Gasteiger partial charge in [0.2, 0.25) is 0 Å². The van der Waals surface area contributed by atoms with E-state index in [0.717, 1.165) is 13.0 Å². The fourth-order valence-corrected chi connectivity index (χ4v) is 1.89.